The normalized spacial score (nSPS) is 11.9. The Bertz CT molecular complexity index is 117. The van der Waals surface area contributed by atoms with Gasteiger partial charge in [-0.2, -0.15) is 11.8 Å². The van der Waals surface area contributed by atoms with Gasteiger partial charge in [-0.15, -0.1) is 0 Å². The third-order valence-corrected chi connectivity index (χ3v) is 6.12. The van der Waals surface area contributed by atoms with Crippen LogP contribution in [0.3, 0.4) is 0 Å². The van der Waals surface area contributed by atoms with Crippen LogP contribution in [-0.2, 0) is 20.9 Å². The molecule has 0 aromatic heterocycles. The molecule has 0 N–H and O–H groups in total. The maximum absolute atomic E-state index is 5.39. The predicted octanol–water partition coefficient (Wildman–Crippen LogP) is 2.69. The lowest BCUT2D eigenvalue weighted by Crippen LogP contribution is -1.96. The molecule has 0 spiro atoms. The summed E-state index contributed by atoms with van der Waals surface area (Å²) in [5, 5.41) is 0. The predicted molar refractivity (Wildman–Crippen MR) is 55.9 cm³/mol. The van der Waals surface area contributed by atoms with Gasteiger partial charge in [-0.05, 0) is 31.9 Å². The van der Waals surface area contributed by atoms with Crippen LogP contribution in [0, 0.1) is 0 Å². The van der Waals surface area contributed by atoms with E-state index in [1.165, 1.54) is 0 Å². The second kappa shape index (κ2) is 6.44. The highest BCUT2D eigenvalue weighted by molar-refractivity contribution is 8.18. The van der Waals surface area contributed by atoms with Crippen LogP contribution in [0.4, 0.5) is 0 Å². The van der Waals surface area contributed by atoms with E-state index in [-0.39, 0.29) is 0 Å². The molecule has 0 aromatic rings. The maximum Gasteiger partial charge on any atom is 0.198 e. The van der Waals surface area contributed by atoms with E-state index in [4.69, 9.17) is 20.9 Å². The average molecular weight is 214 g/mol. The van der Waals surface area contributed by atoms with E-state index in [2.05, 4.69) is 0 Å². The molecule has 0 aliphatic carbocycles. The van der Waals surface area contributed by atoms with Crippen molar-refractivity contribution in [1.29, 1.82) is 0 Å². The van der Waals surface area contributed by atoms with Gasteiger partial charge in [-0.25, -0.2) is 0 Å². The van der Waals surface area contributed by atoms with Gasteiger partial charge in [-0.3, -0.25) is 0 Å². The van der Waals surface area contributed by atoms with Gasteiger partial charge in [0.15, 0.2) is 6.49 Å². The van der Waals surface area contributed by atoms with Crippen LogP contribution in [0.25, 0.3) is 0 Å². The van der Waals surface area contributed by atoms with Gasteiger partial charge in [0.2, 0.25) is 0 Å². The van der Waals surface area contributed by atoms with Gasteiger partial charge in [0, 0.05) is 0 Å². The highest BCUT2D eigenvalue weighted by Crippen LogP contribution is 2.50. The fourth-order valence-corrected chi connectivity index (χ4v) is 4.97. The summed E-state index contributed by atoms with van der Waals surface area (Å²) in [6.07, 6.45) is 2.01. The highest BCUT2D eigenvalue weighted by Gasteiger charge is 2.15. The van der Waals surface area contributed by atoms with Crippen LogP contribution in [0.1, 0.15) is 13.8 Å². The van der Waals surface area contributed by atoms with E-state index in [0.29, 0.717) is 13.2 Å². The van der Waals surface area contributed by atoms with Crippen molar-refractivity contribution in [3.8, 4) is 0 Å². The Morgan fingerprint density at radius 1 is 1.27 bits per heavy atom. The van der Waals surface area contributed by atoms with Gasteiger partial charge < -0.3 is 9.05 Å². The summed E-state index contributed by atoms with van der Waals surface area (Å²) in [5.41, 5.74) is 0.810. The molecule has 0 aliphatic heterocycles. The molecular formula is C6H15O2PS2. The molecule has 0 saturated carbocycles. The molecular weight excluding hydrogens is 199 g/mol. The monoisotopic (exact) mass is 214 g/mol. The molecule has 0 saturated heterocycles. The second-order valence-electron chi connectivity index (χ2n) is 1.86. The molecule has 0 amide bonds. The molecule has 5 heteroatoms. The summed E-state index contributed by atoms with van der Waals surface area (Å²) >= 11 is 6.93. The number of thioether (sulfide) groups is 1. The zero-order chi connectivity index (χ0) is 8.74. The van der Waals surface area contributed by atoms with Crippen LogP contribution in [-0.4, -0.2) is 25.0 Å². The molecule has 0 aliphatic rings. The van der Waals surface area contributed by atoms with Gasteiger partial charge >= 0.3 is 0 Å². The lowest BCUT2D eigenvalue weighted by molar-refractivity contribution is 0.270. The Morgan fingerprint density at radius 2 is 1.73 bits per heavy atom. The smallest absolute Gasteiger partial charge is 0.198 e. The zero-order valence-electron chi connectivity index (χ0n) is 7.20. The summed E-state index contributed by atoms with van der Waals surface area (Å²) in [6, 6.07) is 0. The Hall–Kier alpha value is 0.920. The molecule has 0 rings (SSSR count). The topological polar surface area (TPSA) is 18.5 Å². The second-order valence-corrected chi connectivity index (χ2v) is 6.88. The molecule has 0 bridgehead atoms. The molecule has 0 unspecified atom stereocenters. The van der Waals surface area contributed by atoms with Gasteiger partial charge in [0.05, 0.1) is 18.7 Å². The first-order chi connectivity index (χ1) is 5.18. The lowest BCUT2D eigenvalue weighted by atomic mass is 10.9. The van der Waals surface area contributed by atoms with Crippen LogP contribution in [0.15, 0.2) is 0 Å². The molecule has 0 aromatic carbocycles. The van der Waals surface area contributed by atoms with E-state index in [0.717, 1.165) is 5.49 Å². The largest absolute Gasteiger partial charge is 0.329 e. The van der Waals surface area contributed by atoms with Gasteiger partial charge in [0.25, 0.3) is 0 Å². The standard InChI is InChI=1S/C6H15O2PS2/c1-4-7-9(10,6-11-3)8-5-2/h4-6H2,1-3H3. The first kappa shape index (κ1) is 11.9. The maximum atomic E-state index is 5.39. The van der Waals surface area contributed by atoms with Crippen LogP contribution in [0.5, 0.6) is 0 Å². The minimum atomic E-state index is -1.92. The first-order valence-electron chi connectivity index (χ1n) is 3.55. The van der Waals surface area contributed by atoms with Crippen molar-refractivity contribution < 1.29 is 9.05 Å². The van der Waals surface area contributed by atoms with Crippen LogP contribution in [0.2, 0.25) is 0 Å². The molecule has 68 valence electrons. The third-order valence-electron chi connectivity index (χ3n) is 0.939. The van der Waals surface area contributed by atoms with Crippen molar-refractivity contribution in [1.82, 2.24) is 0 Å². The van der Waals surface area contributed by atoms with Crippen molar-refractivity contribution in [2.24, 2.45) is 0 Å². The highest BCUT2D eigenvalue weighted by atomic mass is 32.5. The van der Waals surface area contributed by atoms with E-state index >= 15 is 0 Å². The molecule has 11 heavy (non-hydrogen) atoms. The van der Waals surface area contributed by atoms with Crippen molar-refractivity contribution in [2.45, 2.75) is 13.8 Å². The van der Waals surface area contributed by atoms with Crippen molar-refractivity contribution in [3.63, 3.8) is 0 Å². The quantitative estimate of drug-likeness (QED) is 0.632. The molecule has 0 fully saturated rings. The summed E-state index contributed by atoms with van der Waals surface area (Å²) in [5.74, 6) is 0. The van der Waals surface area contributed by atoms with Crippen LogP contribution < -0.4 is 0 Å². The van der Waals surface area contributed by atoms with E-state index < -0.39 is 6.49 Å². The Morgan fingerprint density at radius 3 is 2.00 bits per heavy atom. The minimum absolute atomic E-state index is 0.651. The van der Waals surface area contributed by atoms with Crippen molar-refractivity contribution in [3.05, 3.63) is 0 Å². The zero-order valence-corrected chi connectivity index (χ0v) is 9.73. The van der Waals surface area contributed by atoms with Crippen LogP contribution >= 0.6 is 18.3 Å². The minimum Gasteiger partial charge on any atom is -0.329 e. The summed E-state index contributed by atoms with van der Waals surface area (Å²) < 4.78 is 10.8. The van der Waals surface area contributed by atoms with E-state index in [1.54, 1.807) is 11.8 Å². The molecule has 0 atom stereocenters. The summed E-state index contributed by atoms with van der Waals surface area (Å²) in [7, 11) is 0. The van der Waals surface area contributed by atoms with Crippen molar-refractivity contribution >= 4 is 30.1 Å². The van der Waals surface area contributed by atoms with Gasteiger partial charge in [-0.1, -0.05) is 0 Å². The molecule has 2 nitrogen and oxygen atoms in total. The Kier molecular flexibility index (Phi) is 6.98. The number of hydrogen-bond acceptors (Lipinski definition) is 4. The van der Waals surface area contributed by atoms with Gasteiger partial charge in [0.1, 0.15) is 0 Å². The lowest BCUT2D eigenvalue weighted by Gasteiger charge is -2.19. The fraction of sp³-hybridized carbons (Fsp3) is 1.00. The molecule has 0 radical (unpaired) electrons. The Labute approximate surface area is 78.2 Å². The third kappa shape index (κ3) is 5.21. The summed E-state index contributed by atoms with van der Waals surface area (Å²) in [4.78, 5) is 0. The first-order valence-corrected chi connectivity index (χ1v) is 7.77. The SMILES string of the molecule is CCOP(=S)(CSC)OCC. The number of rotatable bonds is 6. The fourth-order valence-electron chi connectivity index (χ4n) is 0.663. The molecule has 0 heterocycles. The Balaban J connectivity index is 3.91. The average Bonchev–Trinajstić information content (AvgIpc) is 1.88. The van der Waals surface area contributed by atoms with E-state index in [1.807, 2.05) is 20.1 Å². The van der Waals surface area contributed by atoms with E-state index in [9.17, 15) is 0 Å². The van der Waals surface area contributed by atoms with Crippen molar-refractivity contribution in [2.75, 3.05) is 25.0 Å². The summed E-state index contributed by atoms with van der Waals surface area (Å²) in [6.45, 7) is 3.27. The number of hydrogen-bond donors (Lipinski definition) is 0.